The van der Waals surface area contributed by atoms with Crippen molar-refractivity contribution in [3.05, 3.63) is 47.5 Å². The van der Waals surface area contributed by atoms with Crippen molar-refractivity contribution in [2.24, 2.45) is 0 Å². The van der Waals surface area contributed by atoms with Crippen LogP contribution in [0.2, 0.25) is 0 Å². The highest BCUT2D eigenvalue weighted by molar-refractivity contribution is 5.88. The summed E-state index contributed by atoms with van der Waals surface area (Å²) in [6.07, 6.45) is 9.40. The molecule has 2 aromatic rings. The largest absolute Gasteiger partial charge is 0.314 e. The van der Waals surface area contributed by atoms with Crippen LogP contribution in [0.4, 0.5) is 0 Å². The molecule has 1 N–H and O–H groups in total. The van der Waals surface area contributed by atoms with Crippen LogP contribution in [0.25, 0.3) is 10.8 Å². The molecule has 1 aliphatic rings. The number of hydrogen-bond donors (Lipinski definition) is 1. The Bertz CT molecular complexity index is 583. The second-order valence-corrected chi connectivity index (χ2v) is 6.48. The quantitative estimate of drug-likeness (QED) is 0.671. The maximum atomic E-state index is 3.60. The number of aryl methyl sites for hydroxylation is 2. The Balaban J connectivity index is 1.45. The molecule has 2 aromatic carbocycles. The maximum absolute atomic E-state index is 3.60. The number of fused-ring (bicyclic) bond motifs is 1. The smallest absolute Gasteiger partial charge is 0.00682 e. The highest BCUT2D eigenvalue weighted by Crippen LogP contribution is 2.24. The van der Waals surface area contributed by atoms with E-state index < -0.39 is 0 Å². The Morgan fingerprint density at radius 2 is 1.67 bits per heavy atom. The molecule has 112 valence electrons. The van der Waals surface area contributed by atoms with Crippen molar-refractivity contribution in [3.63, 3.8) is 0 Å². The zero-order valence-electron chi connectivity index (χ0n) is 13.2. The minimum atomic E-state index is 0.865. The van der Waals surface area contributed by atoms with Crippen molar-refractivity contribution >= 4 is 10.8 Å². The summed E-state index contributed by atoms with van der Waals surface area (Å²) in [5.74, 6) is 0. The summed E-state index contributed by atoms with van der Waals surface area (Å²) in [5, 5.41) is 6.47. The van der Waals surface area contributed by atoms with E-state index in [1.54, 1.807) is 0 Å². The van der Waals surface area contributed by atoms with Gasteiger partial charge < -0.3 is 5.32 Å². The molecule has 1 saturated carbocycles. The van der Waals surface area contributed by atoms with Crippen LogP contribution < -0.4 is 5.32 Å². The standard InChI is InChI=1S/C20H27N/c1-16-11-12-17(20-10-6-5-9-19(16)20)8-4-2-3-7-15-21-18-13-14-18/h5-6,9-12,18,21H,2-4,7-8,13-15H2,1H3. The van der Waals surface area contributed by atoms with Gasteiger partial charge in [0.1, 0.15) is 0 Å². The van der Waals surface area contributed by atoms with Crippen molar-refractivity contribution in [2.45, 2.75) is 57.9 Å². The van der Waals surface area contributed by atoms with E-state index in [4.69, 9.17) is 0 Å². The monoisotopic (exact) mass is 281 g/mol. The highest BCUT2D eigenvalue weighted by Gasteiger charge is 2.19. The summed E-state index contributed by atoms with van der Waals surface area (Å²) in [5.41, 5.74) is 2.91. The summed E-state index contributed by atoms with van der Waals surface area (Å²) >= 11 is 0. The molecular weight excluding hydrogens is 254 g/mol. The van der Waals surface area contributed by atoms with E-state index in [2.05, 4.69) is 48.6 Å². The topological polar surface area (TPSA) is 12.0 Å². The van der Waals surface area contributed by atoms with Crippen LogP contribution in [-0.4, -0.2) is 12.6 Å². The van der Waals surface area contributed by atoms with Crippen molar-refractivity contribution in [1.82, 2.24) is 5.32 Å². The van der Waals surface area contributed by atoms with Crippen LogP contribution in [0.1, 0.15) is 49.7 Å². The number of benzene rings is 2. The molecule has 0 saturated heterocycles. The van der Waals surface area contributed by atoms with E-state index in [9.17, 15) is 0 Å². The van der Waals surface area contributed by atoms with Gasteiger partial charge in [0.2, 0.25) is 0 Å². The van der Waals surface area contributed by atoms with Gasteiger partial charge in [0.25, 0.3) is 0 Å². The number of nitrogens with one attached hydrogen (secondary N) is 1. The molecule has 0 aliphatic heterocycles. The molecule has 21 heavy (non-hydrogen) atoms. The lowest BCUT2D eigenvalue weighted by molar-refractivity contribution is 0.586. The molecule has 0 heterocycles. The normalized spacial score (nSPS) is 14.7. The maximum Gasteiger partial charge on any atom is 0.00682 e. The van der Waals surface area contributed by atoms with Crippen molar-refractivity contribution < 1.29 is 0 Å². The first-order chi connectivity index (χ1) is 10.3. The zero-order chi connectivity index (χ0) is 14.5. The molecule has 1 aliphatic carbocycles. The van der Waals surface area contributed by atoms with E-state index in [0.717, 1.165) is 6.04 Å². The zero-order valence-corrected chi connectivity index (χ0v) is 13.2. The molecule has 1 heteroatoms. The van der Waals surface area contributed by atoms with Crippen molar-refractivity contribution in [3.8, 4) is 0 Å². The van der Waals surface area contributed by atoms with Gasteiger partial charge in [0.15, 0.2) is 0 Å². The third kappa shape index (κ3) is 4.07. The predicted molar refractivity (Wildman–Crippen MR) is 91.9 cm³/mol. The van der Waals surface area contributed by atoms with Crippen LogP contribution >= 0.6 is 0 Å². The lowest BCUT2D eigenvalue weighted by atomic mass is 9.96. The first-order valence-corrected chi connectivity index (χ1v) is 8.55. The van der Waals surface area contributed by atoms with E-state index in [1.807, 2.05) is 0 Å². The Morgan fingerprint density at radius 1 is 0.905 bits per heavy atom. The molecule has 0 bridgehead atoms. The average Bonchev–Trinajstić information content (AvgIpc) is 3.33. The van der Waals surface area contributed by atoms with E-state index >= 15 is 0 Å². The molecule has 0 spiro atoms. The highest BCUT2D eigenvalue weighted by atomic mass is 14.9. The van der Waals surface area contributed by atoms with Gasteiger partial charge in [0, 0.05) is 6.04 Å². The fourth-order valence-electron chi connectivity index (χ4n) is 3.12. The third-order valence-electron chi connectivity index (χ3n) is 4.62. The molecule has 0 aromatic heterocycles. The van der Waals surface area contributed by atoms with Crippen LogP contribution in [0.3, 0.4) is 0 Å². The van der Waals surface area contributed by atoms with E-state index in [-0.39, 0.29) is 0 Å². The van der Waals surface area contributed by atoms with Crippen LogP contribution in [-0.2, 0) is 6.42 Å². The summed E-state index contributed by atoms with van der Waals surface area (Å²) < 4.78 is 0. The lowest BCUT2D eigenvalue weighted by Gasteiger charge is -2.09. The Morgan fingerprint density at radius 3 is 2.48 bits per heavy atom. The number of rotatable bonds is 8. The Kier molecular flexibility index (Phi) is 4.92. The van der Waals surface area contributed by atoms with Crippen LogP contribution in [0.5, 0.6) is 0 Å². The fourth-order valence-corrected chi connectivity index (χ4v) is 3.12. The number of hydrogen-bond acceptors (Lipinski definition) is 1. The first kappa shape index (κ1) is 14.6. The van der Waals surface area contributed by atoms with E-state index in [1.165, 1.54) is 73.4 Å². The van der Waals surface area contributed by atoms with Gasteiger partial charge >= 0.3 is 0 Å². The lowest BCUT2D eigenvalue weighted by Crippen LogP contribution is -2.17. The molecule has 3 rings (SSSR count). The summed E-state index contributed by atoms with van der Waals surface area (Å²) in [6, 6.07) is 14.3. The summed E-state index contributed by atoms with van der Waals surface area (Å²) in [4.78, 5) is 0. The summed E-state index contributed by atoms with van der Waals surface area (Å²) in [6.45, 7) is 3.43. The van der Waals surface area contributed by atoms with Gasteiger partial charge in [-0.3, -0.25) is 0 Å². The molecular formula is C20H27N. The first-order valence-electron chi connectivity index (χ1n) is 8.55. The van der Waals surface area contributed by atoms with Gasteiger partial charge in [0.05, 0.1) is 0 Å². The van der Waals surface area contributed by atoms with Crippen LogP contribution in [0, 0.1) is 6.92 Å². The van der Waals surface area contributed by atoms with Crippen molar-refractivity contribution in [1.29, 1.82) is 0 Å². The minimum Gasteiger partial charge on any atom is -0.314 e. The molecule has 1 fully saturated rings. The van der Waals surface area contributed by atoms with E-state index in [0.29, 0.717) is 0 Å². The van der Waals surface area contributed by atoms with Gasteiger partial charge in [-0.15, -0.1) is 0 Å². The Hall–Kier alpha value is -1.34. The average molecular weight is 281 g/mol. The van der Waals surface area contributed by atoms with Crippen LogP contribution in [0.15, 0.2) is 36.4 Å². The molecule has 0 unspecified atom stereocenters. The van der Waals surface area contributed by atoms with Crippen molar-refractivity contribution in [2.75, 3.05) is 6.54 Å². The third-order valence-corrected chi connectivity index (χ3v) is 4.62. The number of unbranched alkanes of at least 4 members (excludes halogenated alkanes) is 3. The minimum absolute atomic E-state index is 0.865. The van der Waals surface area contributed by atoms with Gasteiger partial charge in [-0.05, 0) is 67.5 Å². The molecule has 1 nitrogen and oxygen atoms in total. The second kappa shape index (κ2) is 7.09. The second-order valence-electron chi connectivity index (χ2n) is 6.48. The fraction of sp³-hybridized carbons (Fsp3) is 0.500. The molecule has 0 radical (unpaired) electrons. The SMILES string of the molecule is Cc1ccc(CCCCCCNC2CC2)c2ccccc12. The predicted octanol–water partition coefficient (Wildman–Crippen LogP) is 5.00. The Labute approximate surface area is 128 Å². The van der Waals surface area contributed by atoms with Gasteiger partial charge in [-0.2, -0.15) is 0 Å². The molecule has 0 atom stereocenters. The van der Waals surface area contributed by atoms with Gasteiger partial charge in [-0.1, -0.05) is 49.2 Å². The molecule has 0 amide bonds. The van der Waals surface area contributed by atoms with Gasteiger partial charge in [-0.25, -0.2) is 0 Å². The summed E-state index contributed by atoms with van der Waals surface area (Å²) in [7, 11) is 0.